The molecule has 2 aliphatic heterocycles. The monoisotopic (exact) mass is 378 g/mol. The molecule has 2 fully saturated rings. The number of carbonyl (C=O) groups is 4. The van der Waals surface area contributed by atoms with Crippen LogP contribution in [0.15, 0.2) is 6.20 Å². The molecule has 0 aromatic carbocycles. The van der Waals surface area contributed by atoms with Crippen molar-refractivity contribution in [3.05, 3.63) is 17.5 Å². The lowest BCUT2D eigenvalue weighted by atomic mass is 9.77. The minimum atomic E-state index is -1.70. The van der Waals surface area contributed by atoms with Crippen LogP contribution in [0, 0.1) is 18.8 Å². The molecule has 0 aliphatic carbocycles. The number of nitrogens with one attached hydrogen (secondary N) is 1. The van der Waals surface area contributed by atoms with Gasteiger partial charge in [-0.05, 0) is 6.92 Å². The topological polar surface area (TPSA) is 120 Å². The van der Waals surface area contributed by atoms with Gasteiger partial charge in [0.05, 0.1) is 38.7 Å². The summed E-state index contributed by atoms with van der Waals surface area (Å²) in [5, 5.41) is 7.26. The Bertz CT molecular complexity index is 833. The molecule has 1 aromatic heterocycles. The second-order valence-electron chi connectivity index (χ2n) is 6.89. The van der Waals surface area contributed by atoms with E-state index in [4.69, 9.17) is 9.47 Å². The maximum Gasteiger partial charge on any atom is 0.327 e. The first-order chi connectivity index (χ1) is 12.7. The largest absolute Gasteiger partial charge is 0.469 e. The van der Waals surface area contributed by atoms with Gasteiger partial charge in [-0.1, -0.05) is 0 Å². The number of nitrogens with zero attached hydrogens (tertiary/aromatic N) is 3. The lowest BCUT2D eigenvalue weighted by Gasteiger charge is -2.30. The Hall–Kier alpha value is -2.75. The normalized spacial score (nSPS) is 29.8. The molecule has 2 aliphatic rings. The van der Waals surface area contributed by atoms with Gasteiger partial charge in [-0.25, -0.2) is 0 Å². The number of amides is 2. The van der Waals surface area contributed by atoms with E-state index < -0.39 is 53.6 Å². The average molecular weight is 378 g/mol. The van der Waals surface area contributed by atoms with Gasteiger partial charge in [0.15, 0.2) is 0 Å². The molecular formula is C17H22N4O6. The highest BCUT2D eigenvalue weighted by molar-refractivity contribution is 6.10. The molecule has 27 heavy (non-hydrogen) atoms. The van der Waals surface area contributed by atoms with Crippen molar-refractivity contribution in [2.45, 2.75) is 24.9 Å². The maximum atomic E-state index is 12.9. The van der Waals surface area contributed by atoms with Crippen LogP contribution in [0.25, 0.3) is 0 Å². The fraction of sp³-hybridized carbons (Fsp3) is 0.588. The van der Waals surface area contributed by atoms with Gasteiger partial charge in [-0.2, -0.15) is 5.10 Å². The van der Waals surface area contributed by atoms with Crippen molar-refractivity contribution >= 4 is 23.8 Å². The van der Waals surface area contributed by atoms with Crippen LogP contribution in [0.3, 0.4) is 0 Å². The number of imide groups is 1. The summed E-state index contributed by atoms with van der Waals surface area (Å²) in [6, 6.07) is -0.672. The summed E-state index contributed by atoms with van der Waals surface area (Å²) in [5.74, 6) is -4.36. The number of aromatic nitrogens is 2. The standard InChI is InChI=1S/C17H22N4O6/c1-8-9(7-18-21(8)3)13-11-12(15(24)20(2)14(11)23)17(19-13,16(25)27-5)6-10(22)26-4/h7,11-13,19H,6H2,1-5H3/t11-,12-,13-,17-/m1/s1. The van der Waals surface area contributed by atoms with Crippen molar-refractivity contribution in [3.63, 3.8) is 0 Å². The molecular weight excluding hydrogens is 356 g/mol. The van der Waals surface area contributed by atoms with E-state index in [1.54, 1.807) is 17.9 Å². The number of aryl methyl sites for hydroxylation is 1. The quantitative estimate of drug-likeness (QED) is 0.528. The third kappa shape index (κ3) is 2.54. The second-order valence-corrected chi connectivity index (χ2v) is 6.89. The molecule has 2 saturated heterocycles. The number of hydrogen-bond donors (Lipinski definition) is 1. The summed E-state index contributed by atoms with van der Waals surface area (Å²) in [5.41, 5.74) is -0.240. The van der Waals surface area contributed by atoms with Crippen LogP contribution in [0.1, 0.15) is 23.7 Å². The Kier molecular flexibility index (Phi) is 4.54. The van der Waals surface area contributed by atoms with Crippen LogP contribution in [0.5, 0.6) is 0 Å². The highest BCUT2D eigenvalue weighted by Gasteiger charge is 2.69. The molecule has 0 unspecified atom stereocenters. The summed E-state index contributed by atoms with van der Waals surface area (Å²) in [6.45, 7) is 1.82. The third-order valence-corrected chi connectivity index (χ3v) is 5.68. The van der Waals surface area contributed by atoms with E-state index in [9.17, 15) is 19.2 Å². The molecule has 0 saturated carbocycles. The van der Waals surface area contributed by atoms with Crippen LogP contribution in [-0.4, -0.2) is 65.2 Å². The second kappa shape index (κ2) is 6.45. The highest BCUT2D eigenvalue weighted by Crippen LogP contribution is 2.50. The number of esters is 2. The fourth-order valence-electron chi connectivity index (χ4n) is 4.14. The molecule has 2 amide bonds. The molecule has 146 valence electrons. The number of methoxy groups -OCH3 is 2. The zero-order valence-corrected chi connectivity index (χ0v) is 15.8. The Morgan fingerprint density at radius 1 is 1.22 bits per heavy atom. The van der Waals surface area contributed by atoms with Crippen LogP contribution >= 0.6 is 0 Å². The summed E-state index contributed by atoms with van der Waals surface area (Å²) < 4.78 is 11.3. The SMILES string of the molecule is COC(=O)C[C@@]1(C(=O)OC)N[C@H](c2cnn(C)c2C)[C@@H]2C(=O)N(C)C(=O)[C@@H]21. The van der Waals surface area contributed by atoms with E-state index in [0.29, 0.717) is 5.56 Å². The molecule has 1 aromatic rings. The molecule has 0 bridgehead atoms. The van der Waals surface area contributed by atoms with Gasteiger partial charge in [-0.15, -0.1) is 0 Å². The van der Waals surface area contributed by atoms with Crippen molar-refractivity contribution in [1.29, 1.82) is 0 Å². The minimum absolute atomic E-state index is 0.415. The van der Waals surface area contributed by atoms with Crippen molar-refractivity contribution in [1.82, 2.24) is 20.0 Å². The average Bonchev–Trinajstić information content (AvgIpc) is 3.24. The third-order valence-electron chi connectivity index (χ3n) is 5.68. The molecule has 3 heterocycles. The number of rotatable bonds is 4. The molecule has 10 nitrogen and oxygen atoms in total. The lowest BCUT2D eigenvalue weighted by Crippen LogP contribution is -2.57. The smallest absolute Gasteiger partial charge is 0.327 e. The highest BCUT2D eigenvalue weighted by atomic mass is 16.5. The number of carbonyl (C=O) groups excluding carboxylic acids is 4. The lowest BCUT2D eigenvalue weighted by molar-refractivity contribution is -0.159. The summed E-state index contributed by atoms with van der Waals surface area (Å²) in [7, 11) is 5.49. The van der Waals surface area contributed by atoms with Crippen LogP contribution in [0.4, 0.5) is 0 Å². The van der Waals surface area contributed by atoms with Crippen molar-refractivity contribution < 1.29 is 28.7 Å². The molecule has 1 N–H and O–H groups in total. The van der Waals surface area contributed by atoms with Crippen LogP contribution in [-0.2, 0) is 35.7 Å². The van der Waals surface area contributed by atoms with Crippen molar-refractivity contribution in [2.24, 2.45) is 18.9 Å². The van der Waals surface area contributed by atoms with Crippen molar-refractivity contribution in [2.75, 3.05) is 21.3 Å². The Balaban J connectivity index is 2.18. The summed E-state index contributed by atoms with van der Waals surface area (Å²) in [4.78, 5) is 51.5. The first-order valence-electron chi connectivity index (χ1n) is 8.42. The van der Waals surface area contributed by atoms with Crippen molar-refractivity contribution in [3.8, 4) is 0 Å². The zero-order valence-electron chi connectivity index (χ0n) is 15.8. The molecule has 0 radical (unpaired) electrons. The molecule has 3 rings (SSSR count). The van der Waals surface area contributed by atoms with E-state index in [0.717, 1.165) is 10.6 Å². The fourth-order valence-corrected chi connectivity index (χ4v) is 4.14. The predicted octanol–water partition coefficient (Wildman–Crippen LogP) is -0.921. The summed E-state index contributed by atoms with van der Waals surface area (Å²) in [6.07, 6.45) is 1.16. The molecule has 4 atom stereocenters. The maximum absolute atomic E-state index is 12.9. The Morgan fingerprint density at radius 2 is 1.89 bits per heavy atom. The Labute approximate surface area is 155 Å². The van der Waals surface area contributed by atoms with Gasteiger partial charge in [0.2, 0.25) is 11.8 Å². The van der Waals surface area contributed by atoms with E-state index >= 15 is 0 Å². The first-order valence-corrected chi connectivity index (χ1v) is 8.42. The summed E-state index contributed by atoms with van der Waals surface area (Å²) >= 11 is 0. The van der Waals surface area contributed by atoms with Gasteiger partial charge in [-0.3, -0.25) is 34.1 Å². The van der Waals surface area contributed by atoms with E-state index in [-0.39, 0.29) is 0 Å². The number of hydrogen-bond acceptors (Lipinski definition) is 8. The predicted molar refractivity (Wildman–Crippen MR) is 90.0 cm³/mol. The number of likely N-dealkylation sites (tertiary alicyclic amines) is 1. The Morgan fingerprint density at radius 3 is 2.41 bits per heavy atom. The van der Waals surface area contributed by atoms with Gasteiger partial charge in [0.25, 0.3) is 0 Å². The van der Waals surface area contributed by atoms with Crippen LogP contribution in [0.2, 0.25) is 0 Å². The molecule has 0 spiro atoms. The van der Waals surface area contributed by atoms with Gasteiger partial charge in [0, 0.05) is 31.4 Å². The van der Waals surface area contributed by atoms with Crippen LogP contribution < -0.4 is 5.32 Å². The minimum Gasteiger partial charge on any atom is -0.469 e. The van der Waals surface area contributed by atoms with Gasteiger partial charge in [0.1, 0.15) is 5.54 Å². The molecule has 10 heteroatoms. The van der Waals surface area contributed by atoms with E-state index in [1.165, 1.54) is 21.3 Å². The number of fused-ring (bicyclic) bond motifs is 1. The number of ether oxygens (including phenoxy) is 2. The van der Waals surface area contributed by atoms with Gasteiger partial charge < -0.3 is 9.47 Å². The zero-order chi connectivity index (χ0) is 20.1. The first kappa shape index (κ1) is 19.0. The van der Waals surface area contributed by atoms with Gasteiger partial charge >= 0.3 is 11.9 Å². The van der Waals surface area contributed by atoms with E-state index in [1.807, 2.05) is 6.92 Å². The van der Waals surface area contributed by atoms with E-state index in [2.05, 4.69) is 10.4 Å².